The van der Waals surface area contributed by atoms with E-state index in [-0.39, 0.29) is 30.1 Å². The number of nitrogens with zero attached hydrogens (tertiary/aromatic N) is 3. The Bertz CT molecular complexity index is 900. The summed E-state index contributed by atoms with van der Waals surface area (Å²) >= 11 is 0. The molecule has 3 rings (SSSR count). The summed E-state index contributed by atoms with van der Waals surface area (Å²) in [5.41, 5.74) is 1.72. The maximum atomic E-state index is 13.3. The molecule has 9 heteroatoms. The maximum Gasteiger partial charge on any atom is 0.254 e. The summed E-state index contributed by atoms with van der Waals surface area (Å²) in [7, 11) is -3.67. The third-order valence-corrected chi connectivity index (χ3v) is 7.59. The van der Waals surface area contributed by atoms with E-state index >= 15 is 0 Å². The third kappa shape index (κ3) is 4.91. The number of hydrogen-bond acceptors (Lipinski definition) is 5. The van der Waals surface area contributed by atoms with Crippen molar-refractivity contribution in [3.63, 3.8) is 0 Å². The van der Waals surface area contributed by atoms with Crippen LogP contribution in [0.4, 0.5) is 0 Å². The first-order valence-corrected chi connectivity index (χ1v) is 12.6. The van der Waals surface area contributed by atoms with Gasteiger partial charge in [0.05, 0.1) is 24.3 Å². The lowest BCUT2D eigenvalue weighted by atomic mass is 9.88. The second-order valence-electron chi connectivity index (χ2n) is 8.67. The average molecular weight is 472 g/mol. The van der Waals surface area contributed by atoms with E-state index in [1.807, 2.05) is 38.1 Å². The van der Waals surface area contributed by atoms with Crippen molar-refractivity contribution >= 4 is 34.2 Å². The molecule has 0 bridgehead atoms. The zero-order valence-electron chi connectivity index (χ0n) is 18.9. The van der Waals surface area contributed by atoms with Crippen LogP contribution in [-0.4, -0.2) is 72.3 Å². The van der Waals surface area contributed by atoms with Gasteiger partial charge < -0.3 is 4.90 Å². The van der Waals surface area contributed by atoms with E-state index in [1.54, 1.807) is 4.90 Å². The van der Waals surface area contributed by atoms with Gasteiger partial charge in [0, 0.05) is 18.7 Å². The summed E-state index contributed by atoms with van der Waals surface area (Å²) in [6.45, 7) is 11.3. The van der Waals surface area contributed by atoms with E-state index in [1.165, 1.54) is 0 Å². The minimum atomic E-state index is -3.67. The van der Waals surface area contributed by atoms with Crippen LogP contribution in [0.3, 0.4) is 0 Å². The molecule has 3 atom stereocenters. The van der Waals surface area contributed by atoms with Gasteiger partial charge in [-0.3, -0.25) is 14.5 Å². The molecule has 2 heterocycles. The zero-order valence-corrected chi connectivity index (χ0v) is 20.6. The van der Waals surface area contributed by atoms with Crippen molar-refractivity contribution in [1.29, 1.82) is 0 Å². The summed E-state index contributed by atoms with van der Waals surface area (Å²) in [5.74, 6) is -1.07. The number of rotatable bonds is 7. The Morgan fingerprint density at radius 1 is 1.16 bits per heavy atom. The molecule has 0 aliphatic carbocycles. The molecule has 0 unspecified atom stereocenters. The fraction of sp³-hybridized carbons (Fsp3) is 0.636. The quantitative estimate of drug-likeness (QED) is 0.610. The van der Waals surface area contributed by atoms with Gasteiger partial charge in [0.1, 0.15) is 0 Å². The molecular formula is C22H34ClN3O4S. The Morgan fingerprint density at radius 2 is 1.74 bits per heavy atom. The van der Waals surface area contributed by atoms with Crippen LogP contribution in [0.1, 0.15) is 50.0 Å². The van der Waals surface area contributed by atoms with E-state index in [2.05, 4.69) is 18.7 Å². The van der Waals surface area contributed by atoms with Gasteiger partial charge in [0.25, 0.3) is 5.91 Å². The molecule has 2 saturated heterocycles. The van der Waals surface area contributed by atoms with Gasteiger partial charge in [0.2, 0.25) is 15.9 Å². The van der Waals surface area contributed by atoms with Crippen LogP contribution in [0.5, 0.6) is 0 Å². The molecule has 2 amide bonds. The number of amides is 2. The summed E-state index contributed by atoms with van der Waals surface area (Å²) in [4.78, 5) is 30.2. The first-order chi connectivity index (χ1) is 14.1. The average Bonchev–Trinajstić information content (AvgIpc) is 3.21. The first-order valence-electron chi connectivity index (χ1n) is 10.8. The molecule has 7 nitrogen and oxygen atoms in total. The van der Waals surface area contributed by atoms with Crippen molar-refractivity contribution in [3.05, 3.63) is 35.4 Å². The highest BCUT2D eigenvalue weighted by atomic mass is 35.5. The summed E-state index contributed by atoms with van der Waals surface area (Å²) < 4.78 is 25.6. The summed E-state index contributed by atoms with van der Waals surface area (Å²) in [6.07, 6.45) is 1.56. The SMILES string of the molecule is CCN(CC)Cc1ccc(C(=O)N2CC[C@H]3[C@H]2[C@@H](C(C)C)C(=O)N3S(C)(=O)=O)cc1.Cl. The Labute approximate surface area is 192 Å². The standard InChI is InChI=1S/C22H33N3O4S.ClH/c1-6-23(7-2)14-16-8-10-17(11-9-16)21(26)24-13-12-18-20(24)19(15(3)4)22(27)25(18)30(5,28)29;/h8-11,15,18-20H,6-7,12-14H2,1-5H3;1H/t18-,19+,20-;/m0./s1. The number of carbonyl (C=O) groups is 2. The number of sulfonamides is 1. The van der Waals surface area contributed by atoms with Gasteiger partial charge in [-0.2, -0.15) is 0 Å². The molecule has 2 aliphatic rings. The molecule has 0 N–H and O–H groups in total. The second-order valence-corrected chi connectivity index (χ2v) is 10.5. The highest BCUT2D eigenvalue weighted by Gasteiger charge is 2.58. The van der Waals surface area contributed by atoms with Crippen molar-refractivity contribution in [3.8, 4) is 0 Å². The predicted molar refractivity (Wildman–Crippen MR) is 124 cm³/mol. The van der Waals surface area contributed by atoms with Crippen molar-refractivity contribution in [1.82, 2.24) is 14.1 Å². The van der Waals surface area contributed by atoms with Crippen molar-refractivity contribution in [2.24, 2.45) is 11.8 Å². The van der Waals surface area contributed by atoms with E-state index < -0.39 is 28.0 Å². The van der Waals surface area contributed by atoms with Crippen LogP contribution in [0, 0.1) is 11.8 Å². The Kier molecular flexibility index (Phi) is 8.16. The van der Waals surface area contributed by atoms with E-state index in [0.717, 1.165) is 35.8 Å². The first kappa shape index (κ1) is 25.6. The number of fused-ring (bicyclic) bond motifs is 1. The fourth-order valence-electron chi connectivity index (χ4n) is 4.89. The van der Waals surface area contributed by atoms with E-state index in [4.69, 9.17) is 0 Å². The van der Waals surface area contributed by atoms with Crippen molar-refractivity contribution in [2.45, 2.75) is 52.7 Å². The van der Waals surface area contributed by atoms with Gasteiger partial charge in [-0.05, 0) is 43.1 Å². The normalized spacial score (nSPS) is 23.5. The van der Waals surface area contributed by atoms with Crippen LogP contribution in [0.25, 0.3) is 0 Å². The number of halogens is 1. The van der Waals surface area contributed by atoms with Crippen molar-refractivity contribution in [2.75, 3.05) is 25.9 Å². The van der Waals surface area contributed by atoms with Gasteiger partial charge in [-0.15, -0.1) is 12.4 Å². The Morgan fingerprint density at radius 3 is 2.23 bits per heavy atom. The molecule has 2 fully saturated rings. The number of likely N-dealkylation sites (tertiary alicyclic amines) is 1. The molecular weight excluding hydrogens is 438 g/mol. The van der Waals surface area contributed by atoms with Crippen LogP contribution in [0.2, 0.25) is 0 Å². The fourth-order valence-corrected chi connectivity index (χ4v) is 6.06. The molecule has 0 aromatic heterocycles. The molecule has 31 heavy (non-hydrogen) atoms. The monoisotopic (exact) mass is 471 g/mol. The molecule has 1 aromatic carbocycles. The summed E-state index contributed by atoms with van der Waals surface area (Å²) in [5, 5.41) is 0. The number of benzene rings is 1. The number of hydrogen-bond donors (Lipinski definition) is 0. The van der Waals surface area contributed by atoms with Crippen LogP contribution in [-0.2, 0) is 21.4 Å². The minimum Gasteiger partial charge on any atom is -0.333 e. The highest BCUT2D eigenvalue weighted by molar-refractivity contribution is 7.88. The van der Waals surface area contributed by atoms with Gasteiger partial charge in [0.15, 0.2) is 0 Å². The Hall–Kier alpha value is -1.64. The molecule has 0 saturated carbocycles. The van der Waals surface area contributed by atoms with Crippen LogP contribution >= 0.6 is 12.4 Å². The van der Waals surface area contributed by atoms with Gasteiger partial charge >= 0.3 is 0 Å². The van der Waals surface area contributed by atoms with Gasteiger partial charge in [-0.25, -0.2) is 12.7 Å². The minimum absolute atomic E-state index is 0. The lowest BCUT2D eigenvalue weighted by molar-refractivity contribution is -0.129. The van der Waals surface area contributed by atoms with Crippen LogP contribution < -0.4 is 0 Å². The third-order valence-electron chi connectivity index (χ3n) is 6.43. The second kappa shape index (κ2) is 9.88. The van der Waals surface area contributed by atoms with Crippen molar-refractivity contribution < 1.29 is 18.0 Å². The topological polar surface area (TPSA) is 78.0 Å². The van der Waals surface area contributed by atoms with Crippen LogP contribution in [0.15, 0.2) is 24.3 Å². The Balaban J connectivity index is 0.00000341. The van der Waals surface area contributed by atoms with E-state index in [0.29, 0.717) is 18.5 Å². The maximum absolute atomic E-state index is 13.3. The largest absolute Gasteiger partial charge is 0.333 e. The van der Waals surface area contributed by atoms with Gasteiger partial charge in [-0.1, -0.05) is 39.8 Å². The molecule has 1 aromatic rings. The molecule has 0 spiro atoms. The summed E-state index contributed by atoms with van der Waals surface area (Å²) in [6, 6.07) is 6.75. The zero-order chi connectivity index (χ0) is 22.2. The highest BCUT2D eigenvalue weighted by Crippen LogP contribution is 2.41. The molecule has 2 aliphatic heterocycles. The lowest BCUT2D eigenvalue weighted by Crippen LogP contribution is -2.44. The van der Waals surface area contributed by atoms with E-state index in [9.17, 15) is 18.0 Å². The molecule has 0 radical (unpaired) electrons. The lowest BCUT2D eigenvalue weighted by Gasteiger charge is -2.29. The molecule has 174 valence electrons. The smallest absolute Gasteiger partial charge is 0.254 e. The predicted octanol–water partition coefficient (Wildman–Crippen LogP) is 2.61. The number of carbonyl (C=O) groups excluding carboxylic acids is 2.